The molecule has 0 unspecified atom stereocenters. The van der Waals surface area contributed by atoms with Crippen molar-refractivity contribution in [2.45, 2.75) is 20.3 Å². The fraction of sp³-hybridized carbons (Fsp3) is 0.194. The number of carbonyl (C=O) groups is 2. The van der Waals surface area contributed by atoms with E-state index >= 15 is 0 Å². The molecule has 0 aliphatic heterocycles. The number of nitrogens with zero attached hydrogens (tertiary/aromatic N) is 1. The first-order chi connectivity index (χ1) is 19.1. The Labute approximate surface area is 227 Å². The lowest BCUT2D eigenvalue weighted by atomic mass is 10.1. The lowest BCUT2D eigenvalue weighted by molar-refractivity contribution is -0.123. The van der Waals surface area contributed by atoms with Crippen LogP contribution < -0.4 is 24.4 Å². The van der Waals surface area contributed by atoms with Crippen molar-refractivity contribution < 1.29 is 28.5 Å². The average molecular weight is 527 g/mol. The van der Waals surface area contributed by atoms with Crippen LogP contribution in [-0.2, 0) is 4.79 Å². The molecule has 39 heavy (non-hydrogen) atoms. The molecule has 1 N–H and O–H groups in total. The second-order valence-corrected chi connectivity index (χ2v) is 8.46. The number of rotatable bonds is 12. The zero-order chi connectivity index (χ0) is 27.5. The summed E-state index contributed by atoms with van der Waals surface area (Å²) >= 11 is 0. The van der Waals surface area contributed by atoms with Crippen LogP contribution in [0.3, 0.4) is 0 Å². The molecule has 200 valence electrons. The van der Waals surface area contributed by atoms with Gasteiger partial charge >= 0.3 is 5.97 Å². The van der Waals surface area contributed by atoms with Crippen LogP contribution in [0.1, 0.15) is 36.2 Å². The lowest BCUT2D eigenvalue weighted by Crippen LogP contribution is -2.24. The maximum absolute atomic E-state index is 12.7. The van der Waals surface area contributed by atoms with Gasteiger partial charge in [-0.25, -0.2) is 10.2 Å². The first-order valence-corrected chi connectivity index (χ1v) is 12.7. The van der Waals surface area contributed by atoms with Crippen molar-refractivity contribution in [3.05, 3.63) is 96.1 Å². The van der Waals surface area contributed by atoms with Crippen molar-refractivity contribution in [3.8, 4) is 23.0 Å². The highest BCUT2D eigenvalue weighted by Crippen LogP contribution is 2.29. The van der Waals surface area contributed by atoms with Gasteiger partial charge in [0.25, 0.3) is 5.91 Å². The van der Waals surface area contributed by atoms with Crippen LogP contribution in [-0.4, -0.2) is 37.9 Å². The number of carbonyl (C=O) groups excluding carboxylic acids is 2. The smallest absolute Gasteiger partial charge is 0.343 e. The van der Waals surface area contributed by atoms with Gasteiger partial charge in [-0.15, -0.1) is 0 Å². The maximum Gasteiger partial charge on any atom is 0.343 e. The van der Waals surface area contributed by atoms with E-state index in [2.05, 4.69) is 10.5 Å². The van der Waals surface area contributed by atoms with Gasteiger partial charge in [0.1, 0.15) is 11.5 Å². The Morgan fingerprint density at radius 1 is 0.821 bits per heavy atom. The highest BCUT2D eigenvalue weighted by Gasteiger charge is 2.14. The zero-order valence-electron chi connectivity index (χ0n) is 21.9. The van der Waals surface area contributed by atoms with Crippen LogP contribution in [0.25, 0.3) is 10.8 Å². The maximum atomic E-state index is 12.7. The molecule has 0 heterocycles. The number of hydrazone groups is 1. The third-order valence-electron chi connectivity index (χ3n) is 5.54. The van der Waals surface area contributed by atoms with Crippen LogP contribution >= 0.6 is 0 Å². The summed E-state index contributed by atoms with van der Waals surface area (Å²) in [5, 5.41) is 5.96. The average Bonchev–Trinajstić information content (AvgIpc) is 2.96. The molecule has 1 amide bonds. The van der Waals surface area contributed by atoms with Crippen molar-refractivity contribution >= 4 is 28.9 Å². The van der Waals surface area contributed by atoms with Crippen LogP contribution in [0.4, 0.5) is 0 Å². The largest absolute Gasteiger partial charge is 0.494 e. The molecule has 0 radical (unpaired) electrons. The fourth-order valence-corrected chi connectivity index (χ4v) is 3.70. The molecule has 4 rings (SSSR count). The number of nitrogens with one attached hydrogen (secondary N) is 1. The monoisotopic (exact) mass is 526 g/mol. The summed E-state index contributed by atoms with van der Waals surface area (Å²) in [5.74, 6) is 1.05. The Kier molecular flexibility index (Phi) is 9.50. The molecule has 0 saturated heterocycles. The summed E-state index contributed by atoms with van der Waals surface area (Å²) in [7, 11) is 0. The summed E-state index contributed by atoms with van der Waals surface area (Å²) in [4.78, 5) is 24.9. The van der Waals surface area contributed by atoms with Crippen molar-refractivity contribution in [2.75, 3.05) is 19.8 Å². The van der Waals surface area contributed by atoms with Crippen LogP contribution in [0, 0.1) is 0 Å². The van der Waals surface area contributed by atoms with Crippen LogP contribution in [0.5, 0.6) is 23.0 Å². The van der Waals surface area contributed by atoms with E-state index in [-0.39, 0.29) is 12.4 Å². The highest BCUT2D eigenvalue weighted by atomic mass is 16.6. The summed E-state index contributed by atoms with van der Waals surface area (Å²) in [6, 6.07) is 25.2. The number of amides is 1. The summed E-state index contributed by atoms with van der Waals surface area (Å²) in [5.41, 5.74) is 3.49. The topological polar surface area (TPSA) is 95.5 Å². The minimum atomic E-state index is -0.516. The van der Waals surface area contributed by atoms with Gasteiger partial charge in [0.2, 0.25) is 0 Å². The van der Waals surface area contributed by atoms with Gasteiger partial charge in [-0.3, -0.25) is 4.79 Å². The number of fused-ring (bicyclic) bond motifs is 1. The third kappa shape index (κ3) is 7.58. The molecule has 0 bridgehead atoms. The molecular formula is C31H30N2O6. The second-order valence-electron chi connectivity index (χ2n) is 8.46. The van der Waals surface area contributed by atoms with E-state index < -0.39 is 11.9 Å². The third-order valence-corrected chi connectivity index (χ3v) is 5.54. The number of benzene rings is 4. The zero-order valence-corrected chi connectivity index (χ0v) is 21.9. The van der Waals surface area contributed by atoms with Crippen LogP contribution in [0.15, 0.2) is 90.0 Å². The normalized spacial score (nSPS) is 10.8. The van der Waals surface area contributed by atoms with Gasteiger partial charge < -0.3 is 18.9 Å². The molecule has 4 aromatic rings. The molecule has 0 fully saturated rings. The Balaban J connectivity index is 1.34. The molecule has 0 aromatic heterocycles. The van der Waals surface area contributed by atoms with Crippen molar-refractivity contribution in [3.63, 3.8) is 0 Å². The second kappa shape index (κ2) is 13.6. The molecule has 0 aliphatic carbocycles. The summed E-state index contributed by atoms with van der Waals surface area (Å²) in [6.45, 7) is 4.66. The molecule has 0 atom stereocenters. The van der Waals surface area contributed by atoms with Gasteiger partial charge in [0.15, 0.2) is 18.1 Å². The van der Waals surface area contributed by atoms with E-state index in [1.54, 1.807) is 42.5 Å². The standard InChI is InChI=1S/C31H30N2O6/c1-3-18-37-25-15-13-24(14-16-25)31(35)39-28-17-12-22(19-29(28)36-4-2)20-32-33-30(34)21-38-27-11-7-9-23-8-5-6-10-26(23)27/h5-17,19-20H,3-4,18,21H2,1-2H3,(H,33,34)/b32-20+. The van der Waals surface area contributed by atoms with E-state index in [0.29, 0.717) is 41.6 Å². The predicted octanol–water partition coefficient (Wildman–Crippen LogP) is 5.78. The summed E-state index contributed by atoms with van der Waals surface area (Å²) < 4.78 is 22.5. The van der Waals surface area contributed by atoms with Gasteiger partial charge in [0.05, 0.1) is 25.0 Å². The number of ether oxygens (including phenoxy) is 4. The Bertz CT molecular complexity index is 1440. The van der Waals surface area contributed by atoms with E-state index in [4.69, 9.17) is 18.9 Å². The first-order valence-electron chi connectivity index (χ1n) is 12.7. The number of hydrogen-bond donors (Lipinski definition) is 1. The Morgan fingerprint density at radius 3 is 2.41 bits per heavy atom. The minimum Gasteiger partial charge on any atom is -0.494 e. The molecule has 0 saturated carbocycles. The summed E-state index contributed by atoms with van der Waals surface area (Å²) in [6.07, 6.45) is 2.37. The predicted molar refractivity (Wildman–Crippen MR) is 150 cm³/mol. The van der Waals surface area contributed by atoms with Crippen molar-refractivity contribution in [2.24, 2.45) is 5.10 Å². The Morgan fingerprint density at radius 2 is 1.62 bits per heavy atom. The van der Waals surface area contributed by atoms with Gasteiger partial charge in [0, 0.05) is 5.39 Å². The first kappa shape index (κ1) is 27.2. The van der Waals surface area contributed by atoms with E-state index in [9.17, 15) is 9.59 Å². The minimum absolute atomic E-state index is 0.184. The SMILES string of the molecule is CCCOc1ccc(C(=O)Oc2ccc(/C=N/NC(=O)COc3cccc4ccccc34)cc2OCC)cc1. The molecule has 0 spiro atoms. The van der Waals surface area contributed by atoms with Gasteiger partial charge in [-0.05, 0) is 72.8 Å². The van der Waals surface area contributed by atoms with Gasteiger partial charge in [-0.1, -0.05) is 43.3 Å². The molecule has 4 aromatic carbocycles. The lowest BCUT2D eigenvalue weighted by Gasteiger charge is -2.12. The van der Waals surface area contributed by atoms with E-state index in [1.807, 2.05) is 56.3 Å². The van der Waals surface area contributed by atoms with E-state index in [1.165, 1.54) is 6.21 Å². The van der Waals surface area contributed by atoms with Crippen LogP contribution in [0.2, 0.25) is 0 Å². The number of hydrogen-bond acceptors (Lipinski definition) is 7. The highest BCUT2D eigenvalue weighted by molar-refractivity contribution is 5.92. The quantitative estimate of drug-likeness (QED) is 0.109. The number of esters is 1. The van der Waals surface area contributed by atoms with Gasteiger partial charge in [-0.2, -0.15) is 5.10 Å². The van der Waals surface area contributed by atoms with E-state index in [0.717, 1.165) is 17.2 Å². The van der Waals surface area contributed by atoms with Crippen molar-refractivity contribution in [1.82, 2.24) is 5.43 Å². The van der Waals surface area contributed by atoms with Crippen molar-refractivity contribution in [1.29, 1.82) is 0 Å². The molecule has 8 nitrogen and oxygen atoms in total. The molecular weight excluding hydrogens is 496 g/mol. The Hall–Kier alpha value is -4.85. The fourth-order valence-electron chi connectivity index (χ4n) is 3.70. The molecule has 0 aliphatic rings. The molecule has 8 heteroatoms.